The minimum Gasteiger partial charge on any atom is -0.375 e. The first-order valence-corrected chi connectivity index (χ1v) is 6.68. The van der Waals surface area contributed by atoms with Crippen LogP contribution < -0.4 is 5.32 Å². The summed E-state index contributed by atoms with van der Waals surface area (Å²) >= 11 is 0. The van der Waals surface area contributed by atoms with Gasteiger partial charge in [0.2, 0.25) is 5.89 Å². The van der Waals surface area contributed by atoms with E-state index in [0.29, 0.717) is 36.7 Å². The van der Waals surface area contributed by atoms with E-state index in [9.17, 15) is 4.39 Å². The van der Waals surface area contributed by atoms with E-state index in [2.05, 4.69) is 15.5 Å². The topological polar surface area (TPSA) is 60.2 Å². The fraction of sp³-hybridized carbons (Fsp3) is 0.429. The third-order valence-electron chi connectivity index (χ3n) is 3.22. The minimum atomic E-state index is -0.251. The Balaban J connectivity index is 1.63. The number of morpholine rings is 1. The number of hydrogen-bond acceptors (Lipinski definition) is 5. The van der Waals surface area contributed by atoms with Crippen LogP contribution in [0, 0.1) is 5.82 Å². The van der Waals surface area contributed by atoms with Crippen LogP contribution in [0.15, 0.2) is 28.8 Å². The molecule has 0 saturated carbocycles. The van der Waals surface area contributed by atoms with Crippen molar-refractivity contribution in [3.63, 3.8) is 0 Å². The number of benzene rings is 1. The van der Waals surface area contributed by atoms with Gasteiger partial charge in [0, 0.05) is 19.5 Å². The van der Waals surface area contributed by atoms with Gasteiger partial charge in [-0.05, 0) is 11.6 Å². The maximum Gasteiger partial charge on any atom is 0.229 e. The third-order valence-corrected chi connectivity index (χ3v) is 3.22. The summed E-state index contributed by atoms with van der Waals surface area (Å²) in [6, 6.07) is 6.60. The molecule has 1 aromatic carbocycles. The summed E-state index contributed by atoms with van der Waals surface area (Å²) in [6.45, 7) is 2.35. The zero-order valence-corrected chi connectivity index (χ0v) is 11.0. The molecule has 1 atom stereocenters. The first-order chi connectivity index (χ1) is 9.81. The Hall–Kier alpha value is -1.79. The van der Waals surface area contributed by atoms with Gasteiger partial charge in [0.25, 0.3) is 0 Å². The van der Waals surface area contributed by atoms with E-state index in [4.69, 9.17) is 9.26 Å². The van der Waals surface area contributed by atoms with Crippen LogP contribution in [0.3, 0.4) is 0 Å². The highest BCUT2D eigenvalue weighted by Crippen LogP contribution is 2.12. The van der Waals surface area contributed by atoms with Crippen LogP contribution in [-0.4, -0.2) is 35.9 Å². The van der Waals surface area contributed by atoms with Crippen LogP contribution in [0.2, 0.25) is 0 Å². The molecule has 1 aliphatic heterocycles. The molecule has 0 bridgehead atoms. The molecule has 2 aromatic rings. The molecule has 1 saturated heterocycles. The second kappa shape index (κ2) is 6.11. The Morgan fingerprint density at radius 1 is 1.35 bits per heavy atom. The molecule has 106 valence electrons. The first kappa shape index (κ1) is 13.2. The van der Waals surface area contributed by atoms with Crippen LogP contribution in [0.5, 0.6) is 0 Å². The number of rotatable bonds is 4. The van der Waals surface area contributed by atoms with E-state index < -0.39 is 0 Å². The molecule has 0 amide bonds. The maximum atomic E-state index is 13.5. The van der Waals surface area contributed by atoms with Crippen LogP contribution in [0.1, 0.15) is 17.3 Å². The average Bonchev–Trinajstić information content (AvgIpc) is 2.90. The summed E-state index contributed by atoms with van der Waals surface area (Å²) in [4.78, 5) is 4.29. The van der Waals surface area contributed by atoms with Gasteiger partial charge in [-0.1, -0.05) is 23.4 Å². The number of nitrogens with zero attached hydrogens (tertiary/aromatic N) is 2. The van der Waals surface area contributed by atoms with E-state index in [1.54, 1.807) is 18.2 Å². The molecule has 1 aromatic heterocycles. The molecular weight excluding hydrogens is 261 g/mol. The van der Waals surface area contributed by atoms with Gasteiger partial charge in [-0.3, -0.25) is 0 Å². The smallest absolute Gasteiger partial charge is 0.229 e. The molecule has 20 heavy (non-hydrogen) atoms. The van der Waals surface area contributed by atoms with Crippen molar-refractivity contribution in [1.82, 2.24) is 15.5 Å². The van der Waals surface area contributed by atoms with Crippen molar-refractivity contribution in [1.29, 1.82) is 0 Å². The Morgan fingerprint density at radius 2 is 2.25 bits per heavy atom. The predicted octanol–water partition coefficient (Wildman–Crippen LogP) is 1.33. The number of aromatic nitrogens is 2. The van der Waals surface area contributed by atoms with Gasteiger partial charge in [-0.25, -0.2) is 4.39 Å². The molecule has 0 aliphatic carbocycles. The van der Waals surface area contributed by atoms with E-state index in [1.165, 1.54) is 6.07 Å². The van der Waals surface area contributed by atoms with Crippen molar-refractivity contribution >= 4 is 0 Å². The fourth-order valence-electron chi connectivity index (χ4n) is 2.20. The van der Waals surface area contributed by atoms with Crippen LogP contribution >= 0.6 is 0 Å². The van der Waals surface area contributed by atoms with Gasteiger partial charge >= 0.3 is 0 Å². The fourth-order valence-corrected chi connectivity index (χ4v) is 2.20. The van der Waals surface area contributed by atoms with E-state index >= 15 is 0 Å². The Labute approximate surface area is 116 Å². The quantitative estimate of drug-likeness (QED) is 0.913. The highest BCUT2D eigenvalue weighted by molar-refractivity contribution is 5.20. The van der Waals surface area contributed by atoms with Gasteiger partial charge in [0.05, 0.1) is 19.1 Å². The van der Waals surface area contributed by atoms with Crippen molar-refractivity contribution in [3.05, 3.63) is 47.4 Å². The second-order valence-electron chi connectivity index (χ2n) is 4.77. The standard InChI is InChI=1S/C14H16FN3O2/c15-12-4-2-1-3-10(12)7-13-17-14(20-18-13)8-11-9-16-5-6-19-11/h1-4,11,16H,5-9H2. The largest absolute Gasteiger partial charge is 0.375 e. The highest BCUT2D eigenvalue weighted by atomic mass is 19.1. The SMILES string of the molecule is Fc1ccccc1Cc1noc(CC2CNCCO2)n1. The summed E-state index contributed by atoms with van der Waals surface area (Å²) in [5.41, 5.74) is 0.565. The van der Waals surface area contributed by atoms with Crippen molar-refractivity contribution in [2.75, 3.05) is 19.7 Å². The van der Waals surface area contributed by atoms with E-state index in [1.807, 2.05) is 0 Å². The second-order valence-corrected chi connectivity index (χ2v) is 4.77. The van der Waals surface area contributed by atoms with Crippen molar-refractivity contribution < 1.29 is 13.7 Å². The molecule has 2 heterocycles. The molecule has 1 aliphatic rings. The van der Waals surface area contributed by atoms with Gasteiger partial charge in [-0.15, -0.1) is 0 Å². The minimum absolute atomic E-state index is 0.0607. The lowest BCUT2D eigenvalue weighted by molar-refractivity contribution is 0.0246. The van der Waals surface area contributed by atoms with Gasteiger partial charge in [0.15, 0.2) is 5.82 Å². The van der Waals surface area contributed by atoms with Crippen LogP contribution in [0.4, 0.5) is 4.39 Å². The molecule has 1 fully saturated rings. The lowest BCUT2D eigenvalue weighted by Crippen LogP contribution is -2.39. The van der Waals surface area contributed by atoms with E-state index in [0.717, 1.165) is 13.1 Å². The Morgan fingerprint density at radius 3 is 3.05 bits per heavy atom. The van der Waals surface area contributed by atoms with Gasteiger partial charge < -0.3 is 14.6 Å². The van der Waals surface area contributed by atoms with Gasteiger partial charge in [0.1, 0.15) is 5.82 Å². The number of nitrogens with one attached hydrogen (secondary N) is 1. The number of ether oxygens (including phenoxy) is 1. The van der Waals surface area contributed by atoms with Crippen LogP contribution in [-0.2, 0) is 17.6 Å². The molecule has 5 nitrogen and oxygen atoms in total. The zero-order chi connectivity index (χ0) is 13.8. The first-order valence-electron chi connectivity index (χ1n) is 6.68. The Kier molecular flexibility index (Phi) is 4.03. The number of halogens is 1. The maximum absolute atomic E-state index is 13.5. The van der Waals surface area contributed by atoms with Crippen molar-refractivity contribution in [2.24, 2.45) is 0 Å². The summed E-state index contributed by atoms with van der Waals surface area (Å²) < 4.78 is 24.3. The molecule has 6 heteroatoms. The molecular formula is C14H16FN3O2. The molecule has 1 N–H and O–H groups in total. The normalized spacial score (nSPS) is 19.1. The van der Waals surface area contributed by atoms with Crippen LogP contribution in [0.25, 0.3) is 0 Å². The monoisotopic (exact) mass is 277 g/mol. The lowest BCUT2D eigenvalue weighted by Gasteiger charge is -2.21. The average molecular weight is 277 g/mol. The molecule has 3 rings (SSSR count). The molecule has 0 radical (unpaired) electrons. The summed E-state index contributed by atoms with van der Waals surface area (Å²) in [7, 11) is 0. The summed E-state index contributed by atoms with van der Waals surface area (Å²) in [5, 5.41) is 7.13. The summed E-state index contributed by atoms with van der Waals surface area (Å²) in [6.07, 6.45) is 0.975. The molecule has 1 unspecified atom stereocenters. The third kappa shape index (κ3) is 3.20. The number of hydrogen-bond donors (Lipinski definition) is 1. The van der Waals surface area contributed by atoms with Gasteiger partial charge in [-0.2, -0.15) is 4.98 Å². The lowest BCUT2D eigenvalue weighted by atomic mass is 10.1. The molecule has 0 spiro atoms. The van der Waals surface area contributed by atoms with Crippen molar-refractivity contribution in [2.45, 2.75) is 18.9 Å². The summed E-state index contributed by atoms with van der Waals surface area (Å²) in [5.74, 6) is 0.776. The Bertz CT molecular complexity index is 567. The van der Waals surface area contributed by atoms with E-state index in [-0.39, 0.29) is 11.9 Å². The predicted molar refractivity (Wildman–Crippen MR) is 69.8 cm³/mol. The zero-order valence-electron chi connectivity index (χ0n) is 11.0. The van der Waals surface area contributed by atoms with Crippen molar-refractivity contribution in [3.8, 4) is 0 Å². The highest BCUT2D eigenvalue weighted by Gasteiger charge is 2.18.